The van der Waals surface area contributed by atoms with Crippen molar-refractivity contribution in [3.63, 3.8) is 0 Å². The number of nitriles is 1. The summed E-state index contributed by atoms with van der Waals surface area (Å²) >= 11 is 0. The van der Waals surface area contributed by atoms with Gasteiger partial charge in [0.25, 0.3) is 0 Å². The second-order valence-corrected chi connectivity index (χ2v) is 5.87. The van der Waals surface area contributed by atoms with Gasteiger partial charge in [-0.25, -0.2) is 0 Å². The monoisotopic (exact) mass is 296 g/mol. The van der Waals surface area contributed by atoms with E-state index in [0.29, 0.717) is 0 Å². The molecule has 0 unspecified atom stereocenters. The Morgan fingerprint density at radius 3 is 2.39 bits per heavy atom. The van der Waals surface area contributed by atoms with Crippen LogP contribution in [0.4, 0.5) is 0 Å². The first-order valence-electron chi connectivity index (χ1n) is 7.68. The maximum absolute atomic E-state index is 9.57. The summed E-state index contributed by atoms with van der Waals surface area (Å²) in [4.78, 5) is 0. The van der Waals surface area contributed by atoms with Crippen molar-refractivity contribution in [1.82, 2.24) is 4.57 Å². The van der Waals surface area contributed by atoms with Crippen LogP contribution in [0.3, 0.4) is 0 Å². The molecule has 0 aliphatic rings. The summed E-state index contributed by atoms with van der Waals surface area (Å²) in [7, 11) is 2.10. The van der Waals surface area contributed by atoms with Crippen molar-refractivity contribution in [2.45, 2.75) is 6.92 Å². The van der Waals surface area contributed by atoms with Crippen LogP contribution >= 0.6 is 0 Å². The molecular formula is C21H16N2. The number of aromatic nitrogens is 1. The molecule has 0 radical (unpaired) electrons. The standard InChI is InChI=1S/C21H16N2/c1-14-16(13-22)12-18(15-8-4-3-5-9-15)21-20(14)17-10-6-7-11-19(17)23(21)2/h3-12H,1-2H3. The van der Waals surface area contributed by atoms with Crippen molar-refractivity contribution in [3.05, 3.63) is 71.8 Å². The molecule has 4 aromatic rings. The minimum atomic E-state index is 0.743. The van der Waals surface area contributed by atoms with Crippen LogP contribution < -0.4 is 0 Å². The highest BCUT2D eigenvalue weighted by Crippen LogP contribution is 2.38. The lowest BCUT2D eigenvalue weighted by molar-refractivity contribution is 1.01. The highest BCUT2D eigenvalue weighted by atomic mass is 14.9. The van der Waals surface area contributed by atoms with E-state index in [1.165, 1.54) is 21.8 Å². The van der Waals surface area contributed by atoms with Crippen LogP contribution in [-0.4, -0.2) is 4.57 Å². The van der Waals surface area contributed by atoms with Crippen molar-refractivity contribution in [2.75, 3.05) is 0 Å². The van der Waals surface area contributed by atoms with Crippen LogP contribution in [0.1, 0.15) is 11.1 Å². The zero-order valence-electron chi connectivity index (χ0n) is 13.2. The van der Waals surface area contributed by atoms with Crippen LogP contribution in [0.5, 0.6) is 0 Å². The fraction of sp³-hybridized carbons (Fsp3) is 0.0952. The van der Waals surface area contributed by atoms with E-state index in [-0.39, 0.29) is 0 Å². The van der Waals surface area contributed by atoms with E-state index in [9.17, 15) is 5.26 Å². The molecule has 1 heterocycles. The number of nitrogens with zero attached hydrogens (tertiary/aromatic N) is 2. The molecule has 0 fully saturated rings. The van der Waals surface area contributed by atoms with E-state index in [2.05, 4.69) is 54.1 Å². The van der Waals surface area contributed by atoms with E-state index in [4.69, 9.17) is 0 Å². The lowest BCUT2D eigenvalue weighted by atomic mass is 9.95. The first-order chi connectivity index (χ1) is 11.2. The highest BCUT2D eigenvalue weighted by Gasteiger charge is 2.17. The number of para-hydroxylation sites is 1. The minimum Gasteiger partial charge on any atom is -0.343 e. The van der Waals surface area contributed by atoms with E-state index in [1.54, 1.807) is 0 Å². The molecule has 23 heavy (non-hydrogen) atoms. The highest BCUT2D eigenvalue weighted by molar-refractivity contribution is 6.14. The molecule has 4 rings (SSSR count). The third kappa shape index (κ3) is 1.87. The largest absolute Gasteiger partial charge is 0.343 e. The van der Waals surface area contributed by atoms with E-state index >= 15 is 0 Å². The summed E-state index contributed by atoms with van der Waals surface area (Å²) in [5.74, 6) is 0. The first-order valence-corrected chi connectivity index (χ1v) is 7.68. The maximum atomic E-state index is 9.57. The van der Waals surface area contributed by atoms with Crippen LogP contribution in [-0.2, 0) is 7.05 Å². The SMILES string of the molecule is Cc1c(C#N)cc(-c2ccccc2)c2c1c1ccccc1n2C. The molecule has 0 aliphatic heterocycles. The summed E-state index contributed by atoms with van der Waals surface area (Å²) in [6, 6.07) is 23.1. The summed E-state index contributed by atoms with van der Waals surface area (Å²) in [5.41, 5.74) is 6.43. The van der Waals surface area contributed by atoms with Gasteiger partial charge in [0.1, 0.15) is 0 Å². The second kappa shape index (κ2) is 5.00. The Labute approximate surface area is 135 Å². The lowest BCUT2D eigenvalue weighted by Gasteiger charge is -2.10. The van der Waals surface area contributed by atoms with Gasteiger partial charge in [0.05, 0.1) is 17.1 Å². The Kier molecular flexibility index (Phi) is 2.96. The average molecular weight is 296 g/mol. The molecule has 0 saturated carbocycles. The molecule has 110 valence electrons. The molecule has 0 saturated heterocycles. The van der Waals surface area contributed by atoms with E-state index < -0.39 is 0 Å². The molecule has 2 nitrogen and oxygen atoms in total. The summed E-state index contributed by atoms with van der Waals surface area (Å²) in [5, 5.41) is 12.0. The molecular weight excluding hydrogens is 280 g/mol. The first kappa shape index (κ1) is 13.6. The van der Waals surface area contributed by atoms with Gasteiger partial charge in [0.15, 0.2) is 0 Å². The van der Waals surface area contributed by atoms with Gasteiger partial charge in [-0.05, 0) is 30.2 Å². The van der Waals surface area contributed by atoms with Gasteiger partial charge < -0.3 is 4.57 Å². The zero-order chi connectivity index (χ0) is 16.0. The predicted octanol–water partition coefficient (Wildman–Crippen LogP) is 5.18. The Balaban J connectivity index is 2.28. The fourth-order valence-electron chi connectivity index (χ4n) is 3.50. The number of hydrogen-bond donors (Lipinski definition) is 0. The Morgan fingerprint density at radius 1 is 0.957 bits per heavy atom. The Morgan fingerprint density at radius 2 is 1.65 bits per heavy atom. The summed E-state index contributed by atoms with van der Waals surface area (Å²) in [6.07, 6.45) is 0. The van der Waals surface area contributed by atoms with Crippen molar-refractivity contribution < 1.29 is 0 Å². The van der Waals surface area contributed by atoms with Gasteiger partial charge in [-0.2, -0.15) is 5.26 Å². The molecule has 0 spiro atoms. The third-order valence-corrected chi connectivity index (χ3v) is 4.64. The van der Waals surface area contributed by atoms with Crippen LogP contribution in [0, 0.1) is 18.3 Å². The van der Waals surface area contributed by atoms with E-state index in [1.807, 2.05) is 31.2 Å². The second-order valence-electron chi connectivity index (χ2n) is 5.87. The van der Waals surface area contributed by atoms with Crippen molar-refractivity contribution in [3.8, 4) is 17.2 Å². The average Bonchev–Trinajstić information content (AvgIpc) is 2.90. The van der Waals surface area contributed by atoms with Gasteiger partial charge in [-0.3, -0.25) is 0 Å². The molecule has 0 bridgehead atoms. The number of hydrogen-bond acceptors (Lipinski definition) is 1. The molecule has 3 aromatic carbocycles. The van der Waals surface area contributed by atoms with Crippen molar-refractivity contribution in [1.29, 1.82) is 5.26 Å². The number of rotatable bonds is 1. The quantitative estimate of drug-likeness (QED) is 0.476. The molecule has 0 aliphatic carbocycles. The normalized spacial score (nSPS) is 11.0. The molecule has 2 heteroatoms. The molecule has 0 N–H and O–H groups in total. The Bertz CT molecular complexity index is 1080. The molecule has 0 atom stereocenters. The zero-order valence-corrected chi connectivity index (χ0v) is 13.2. The lowest BCUT2D eigenvalue weighted by Crippen LogP contribution is -1.93. The van der Waals surface area contributed by atoms with Gasteiger partial charge in [0, 0.05) is 28.9 Å². The maximum Gasteiger partial charge on any atom is 0.0994 e. The number of fused-ring (bicyclic) bond motifs is 3. The van der Waals surface area contributed by atoms with Crippen LogP contribution in [0.15, 0.2) is 60.7 Å². The van der Waals surface area contributed by atoms with Crippen LogP contribution in [0.2, 0.25) is 0 Å². The van der Waals surface area contributed by atoms with Gasteiger partial charge >= 0.3 is 0 Å². The number of benzene rings is 3. The van der Waals surface area contributed by atoms with Crippen LogP contribution in [0.25, 0.3) is 32.9 Å². The fourth-order valence-corrected chi connectivity index (χ4v) is 3.50. The third-order valence-electron chi connectivity index (χ3n) is 4.64. The van der Waals surface area contributed by atoms with Gasteiger partial charge in [-0.15, -0.1) is 0 Å². The predicted molar refractivity (Wildman–Crippen MR) is 95.3 cm³/mol. The molecule has 1 aromatic heterocycles. The molecule has 0 amide bonds. The topological polar surface area (TPSA) is 28.7 Å². The van der Waals surface area contributed by atoms with Gasteiger partial charge in [0.2, 0.25) is 0 Å². The van der Waals surface area contributed by atoms with E-state index in [0.717, 1.165) is 22.3 Å². The number of aryl methyl sites for hydroxylation is 2. The Hall–Kier alpha value is -3.05. The van der Waals surface area contributed by atoms with Crippen molar-refractivity contribution in [2.24, 2.45) is 7.05 Å². The summed E-state index contributed by atoms with van der Waals surface area (Å²) < 4.78 is 2.24. The van der Waals surface area contributed by atoms with Crippen molar-refractivity contribution >= 4 is 21.8 Å². The van der Waals surface area contributed by atoms with Gasteiger partial charge in [-0.1, -0.05) is 48.5 Å². The smallest absolute Gasteiger partial charge is 0.0994 e. The minimum absolute atomic E-state index is 0.743. The summed E-state index contributed by atoms with van der Waals surface area (Å²) in [6.45, 7) is 2.04.